The Labute approximate surface area is 191 Å². The lowest BCUT2D eigenvalue weighted by atomic mass is 10.1. The van der Waals surface area contributed by atoms with E-state index in [1.165, 1.54) is 4.90 Å². The Balaban J connectivity index is 2.45. The molecule has 1 N–H and O–H groups in total. The maximum absolute atomic E-state index is 13.5. The molecule has 2 aromatic carbocycles. The van der Waals surface area contributed by atoms with Gasteiger partial charge in [-0.3, -0.25) is 13.9 Å². The zero-order chi connectivity index (χ0) is 24.1. The van der Waals surface area contributed by atoms with Gasteiger partial charge in [0.15, 0.2) is 0 Å². The highest BCUT2D eigenvalue weighted by Crippen LogP contribution is 2.24. The summed E-state index contributed by atoms with van der Waals surface area (Å²) in [6.45, 7) is 9.33. The molecule has 0 aliphatic rings. The van der Waals surface area contributed by atoms with Crippen molar-refractivity contribution in [2.45, 2.75) is 47.2 Å². The second kappa shape index (κ2) is 10.6. The number of benzene rings is 2. The summed E-state index contributed by atoms with van der Waals surface area (Å²) < 4.78 is 26.4. The fraction of sp³-hybridized carbons (Fsp3) is 0.417. The summed E-state index contributed by atoms with van der Waals surface area (Å²) >= 11 is 0. The molecule has 0 aliphatic carbocycles. The molecule has 0 fully saturated rings. The molecule has 32 heavy (non-hydrogen) atoms. The molecule has 0 saturated heterocycles. The molecule has 2 rings (SSSR count). The van der Waals surface area contributed by atoms with Crippen molar-refractivity contribution in [2.24, 2.45) is 0 Å². The molecule has 2 amide bonds. The van der Waals surface area contributed by atoms with Gasteiger partial charge in [-0.2, -0.15) is 0 Å². The summed E-state index contributed by atoms with van der Waals surface area (Å²) in [6.07, 6.45) is 1.08. The van der Waals surface area contributed by atoms with E-state index in [0.29, 0.717) is 12.2 Å². The number of sulfonamides is 1. The van der Waals surface area contributed by atoms with Crippen LogP contribution in [0.4, 0.5) is 5.69 Å². The molecule has 0 aliphatic heterocycles. The van der Waals surface area contributed by atoms with Gasteiger partial charge in [0.2, 0.25) is 21.8 Å². The predicted molar refractivity (Wildman–Crippen MR) is 128 cm³/mol. The van der Waals surface area contributed by atoms with E-state index in [0.717, 1.165) is 32.8 Å². The Kier molecular flexibility index (Phi) is 8.44. The number of nitrogens with zero attached hydrogens (tertiary/aromatic N) is 2. The van der Waals surface area contributed by atoms with Gasteiger partial charge in [-0.1, -0.05) is 36.4 Å². The topological polar surface area (TPSA) is 86.8 Å². The lowest BCUT2D eigenvalue weighted by Crippen LogP contribution is -2.51. The first-order valence-electron chi connectivity index (χ1n) is 10.6. The van der Waals surface area contributed by atoms with Crippen molar-refractivity contribution in [3.8, 4) is 0 Å². The van der Waals surface area contributed by atoms with Crippen molar-refractivity contribution < 1.29 is 18.0 Å². The number of likely N-dealkylation sites (N-methyl/N-ethyl adjacent to an activating group) is 1. The number of hydrogen-bond acceptors (Lipinski definition) is 4. The molecule has 0 aromatic heterocycles. The fourth-order valence-corrected chi connectivity index (χ4v) is 4.36. The van der Waals surface area contributed by atoms with Crippen molar-refractivity contribution in [1.82, 2.24) is 10.2 Å². The molecule has 0 spiro atoms. The molecule has 1 atom stereocenters. The quantitative estimate of drug-likeness (QED) is 0.625. The second-order valence-electron chi connectivity index (χ2n) is 8.08. The van der Waals surface area contributed by atoms with Crippen LogP contribution in [0.15, 0.2) is 42.5 Å². The van der Waals surface area contributed by atoms with Crippen LogP contribution in [0.5, 0.6) is 0 Å². The third kappa shape index (κ3) is 6.32. The van der Waals surface area contributed by atoms with E-state index in [1.54, 1.807) is 19.9 Å². The Morgan fingerprint density at radius 3 is 2.28 bits per heavy atom. The highest BCUT2D eigenvalue weighted by molar-refractivity contribution is 7.92. The number of hydrogen-bond donors (Lipinski definition) is 1. The first kappa shape index (κ1) is 25.4. The van der Waals surface area contributed by atoms with Crippen molar-refractivity contribution in [3.63, 3.8) is 0 Å². The Morgan fingerprint density at radius 1 is 1.03 bits per heavy atom. The Hall–Kier alpha value is -2.87. The van der Waals surface area contributed by atoms with E-state index in [1.807, 2.05) is 57.2 Å². The summed E-state index contributed by atoms with van der Waals surface area (Å²) in [7, 11) is -3.74. The second-order valence-corrected chi connectivity index (χ2v) is 9.99. The van der Waals surface area contributed by atoms with Crippen LogP contribution in [0.1, 0.15) is 36.1 Å². The van der Waals surface area contributed by atoms with Gasteiger partial charge in [-0.25, -0.2) is 8.42 Å². The summed E-state index contributed by atoms with van der Waals surface area (Å²) in [5, 5.41) is 2.75. The van der Waals surface area contributed by atoms with Crippen molar-refractivity contribution >= 4 is 27.5 Å². The van der Waals surface area contributed by atoms with Gasteiger partial charge in [-0.05, 0) is 62.9 Å². The molecule has 8 heteroatoms. The first-order chi connectivity index (χ1) is 15.0. The number of aryl methyl sites for hydroxylation is 3. The van der Waals surface area contributed by atoms with Gasteiger partial charge in [0, 0.05) is 13.1 Å². The van der Waals surface area contributed by atoms with Gasteiger partial charge in [-0.15, -0.1) is 0 Å². The molecule has 174 valence electrons. The smallest absolute Gasteiger partial charge is 0.244 e. The SMILES string of the molecule is CCNC(=O)[C@@H](C)N(Cc1ccccc1C)C(=O)CN(c1cc(C)ccc1C)S(C)(=O)=O. The van der Waals surface area contributed by atoms with Gasteiger partial charge in [0.05, 0.1) is 11.9 Å². The monoisotopic (exact) mass is 459 g/mol. The average Bonchev–Trinajstić information content (AvgIpc) is 2.72. The summed E-state index contributed by atoms with van der Waals surface area (Å²) in [5.41, 5.74) is 3.98. The molecular weight excluding hydrogens is 426 g/mol. The number of rotatable bonds is 9. The van der Waals surface area contributed by atoms with Crippen LogP contribution < -0.4 is 9.62 Å². The normalized spacial score (nSPS) is 12.2. The van der Waals surface area contributed by atoms with E-state index in [9.17, 15) is 18.0 Å². The molecule has 0 unspecified atom stereocenters. The van der Waals surface area contributed by atoms with Crippen molar-refractivity contribution in [1.29, 1.82) is 0 Å². The maximum atomic E-state index is 13.5. The highest BCUT2D eigenvalue weighted by Gasteiger charge is 2.30. The lowest BCUT2D eigenvalue weighted by Gasteiger charge is -2.32. The molecule has 0 radical (unpaired) electrons. The zero-order valence-corrected chi connectivity index (χ0v) is 20.5. The molecule has 0 saturated carbocycles. The van der Waals surface area contributed by atoms with Crippen LogP contribution in [0.2, 0.25) is 0 Å². The van der Waals surface area contributed by atoms with Crippen LogP contribution >= 0.6 is 0 Å². The highest BCUT2D eigenvalue weighted by atomic mass is 32.2. The van der Waals surface area contributed by atoms with E-state index in [-0.39, 0.29) is 12.5 Å². The standard InChI is InChI=1S/C24H33N3O4S/c1-7-25-24(29)20(5)26(15-21-11-9-8-10-18(21)3)23(28)16-27(32(6,30)31)22-14-17(2)12-13-19(22)4/h8-14,20H,7,15-16H2,1-6H3,(H,25,29)/t20-/m1/s1. The van der Waals surface area contributed by atoms with Gasteiger partial charge in [0.25, 0.3) is 0 Å². The van der Waals surface area contributed by atoms with Crippen molar-refractivity contribution in [2.75, 3.05) is 23.7 Å². The number of carbonyl (C=O) groups excluding carboxylic acids is 2. The molecule has 2 aromatic rings. The fourth-order valence-electron chi connectivity index (χ4n) is 3.46. The number of amides is 2. The zero-order valence-electron chi connectivity index (χ0n) is 19.7. The first-order valence-corrected chi connectivity index (χ1v) is 12.5. The predicted octanol–water partition coefficient (Wildman–Crippen LogP) is 2.93. The van der Waals surface area contributed by atoms with E-state index >= 15 is 0 Å². The summed E-state index contributed by atoms with van der Waals surface area (Å²) in [5.74, 6) is -0.731. The average molecular weight is 460 g/mol. The van der Waals surface area contributed by atoms with Crippen LogP contribution in [-0.4, -0.2) is 50.5 Å². The van der Waals surface area contributed by atoms with Gasteiger partial charge < -0.3 is 10.2 Å². The minimum Gasteiger partial charge on any atom is -0.355 e. The van der Waals surface area contributed by atoms with Crippen LogP contribution in [0, 0.1) is 20.8 Å². The summed E-state index contributed by atoms with van der Waals surface area (Å²) in [6, 6.07) is 12.3. The number of carbonyl (C=O) groups is 2. The third-order valence-electron chi connectivity index (χ3n) is 5.43. The van der Waals surface area contributed by atoms with E-state index in [4.69, 9.17) is 0 Å². The number of nitrogens with one attached hydrogen (secondary N) is 1. The van der Waals surface area contributed by atoms with Crippen LogP contribution in [0.3, 0.4) is 0 Å². The largest absolute Gasteiger partial charge is 0.355 e. The Morgan fingerprint density at radius 2 is 1.69 bits per heavy atom. The molecule has 7 nitrogen and oxygen atoms in total. The minimum absolute atomic E-state index is 0.203. The van der Waals surface area contributed by atoms with Crippen LogP contribution in [-0.2, 0) is 26.2 Å². The van der Waals surface area contributed by atoms with Gasteiger partial charge >= 0.3 is 0 Å². The van der Waals surface area contributed by atoms with E-state index in [2.05, 4.69) is 5.32 Å². The Bertz CT molecular complexity index is 1080. The minimum atomic E-state index is -3.74. The number of anilines is 1. The van der Waals surface area contributed by atoms with Crippen LogP contribution in [0.25, 0.3) is 0 Å². The third-order valence-corrected chi connectivity index (χ3v) is 6.56. The van der Waals surface area contributed by atoms with Gasteiger partial charge in [0.1, 0.15) is 12.6 Å². The lowest BCUT2D eigenvalue weighted by molar-refractivity contribution is -0.139. The molecule has 0 heterocycles. The maximum Gasteiger partial charge on any atom is 0.244 e. The van der Waals surface area contributed by atoms with Crippen molar-refractivity contribution in [3.05, 3.63) is 64.7 Å². The van der Waals surface area contributed by atoms with E-state index < -0.39 is 28.5 Å². The summed E-state index contributed by atoms with van der Waals surface area (Å²) in [4.78, 5) is 27.5. The molecular formula is C24H33N3O4S. The molecule has 0 bridgehead atoms.